The summed E-state index contributed by atoms with van der Waals surface area (Å²) in [7, 11) is 0. The minimum absolute atomic E-state index is 0.0757. The Bertz CT molecular complexity index is 1030. The van der Waals surface area contributed by atoms with E-state index < -0.39 is 0 Å². The topological polar surface area (TPSA) is 32.3 Å². The van der Waals surface area contributed by atoms with Crippen molar-refractivity contribution in [3.63, 3.8) is 0 Å². The van der Waals surface area contributed by atoms with Crippen LogP contribution >= 0.6 is 11.6 Å². The standard InChI is InChI=1S/C25H25ClN2O/c1-16-4-6-19(7-5-16)20-8-13-25-23(15-20)24(14-17(2)28(25)18(3)29)27-22-11-9-21(26)10-12-22/h4-13,15,17,24,27H,14H2,1-3H3. The Morgan fingerprint density at radius 3 is 2.31 bits per heavy atom. The molecule has 4 heteroatoms. The van der Waals surface area contributed by atoms with Gasteiger partial charge >= 0.3 is 0 Å². The molecule has 1 aliphatic heterocycles. The lowest BCUT2D eigenvalue weighted by molar-refractivity contribution is -0.117. The fourth-order valence-electron chi connectivity index (χ4n) is 4.15. The smallest absolute Gasteiger partial charge is 0.224 e. The first kappa shape index (κ1) is 19.5. The Kier molecular flexibility index (Phi) is 5.33. The third-order valence-electron chi connectivity index (χ3n) is 5.59. The summed E-state index contributed by atoms with van der Waals surface area (Å²) < 4.78 is 0. The number of nitrogens with zero attached hydrogens (tertiary/aromatic N) is 1. The first-order chi connectivity index (χ1) is 13.9. The van der Waals surface area contributed by atoms with E-state index >= 15 is 0 Å². The molecule has 2 unspecified atom stereocenters. The zero-order valence-corrected chi connectivity index (χ0v) is 17.7. The lowest BCUT2D eigenvalue weighted by Gasteiger charge is -2.39. The van der Waals surface area contributed by atoms with Gasteiger partial charge in [-0.25, -0.2) is 0 Å². The molecule has 3 nitrogen and oxygen atoms in total. The number of carbonyl (C=O) groups is 1. The monoisotopic (exact) mass is 404 g/mol. The highest BCUT2D eigenvalue weighted by Gasteiger charge is 2.32. The molecule has 4 rings (SSSR count). The molecule has 0 radical (unpaired) electrons. The number of halogens is 1. The van der Waals surface area contributed by atoms with E-state index in [2.05, 4.69) is 61.6 Å². The van der Waals surface area contributed by atoms with E-state index in [0.29, 0.717) is 0 Å². The van der Waals surface area contributed by atoms with Gasteiger partial charge in [-0.1, -0.05) is 47.5 Å². The van der Waals surface area contributed by atoms with Crippen molar-refractivity contribution in [1.82, 2.24) is 0 Å². The first-order valence-electron chi connectivity index (χ1n) is 9.95. The Hall–Kier alpha value is -2.78. The third kappa shape index (κ3) is 4.01. The van der Waals surface area contributed by atoms with E-state index in [1.54, 1.807) is 6.92 Å². The fraction of sp³-hybridized carbons (Fsp3) is 0.240. The summed E-state index contributed by atoms with van der Waals surface area (Å²) in [6.07, 6.45) is 0.840. The zero-order valence-electron chi connectivity index (χ0n) is 16.9. The van der Waals surface area contributed by atoms with Gasteiger partial charge in [0.05, 0.1) is 6.04 Å². The molecule has 0 saturated heterocycles. The van der Waals surface area contributed by atoms with Gasteiger partial charge in [0, 0.05) is 29.4 Å². The molecule has 0 saturated carbocycles. The van der Waals surface area contributed by atoms with Crippen LogP contribution in [0, 0.1) is 6.92 Å². The largest absolute Gasteiger partial charge is 0.378 e. The molecule has 1 N–H and O–H groups in total. The molecule has 0 bridgehead atoms. The van der Waals surface area contributed by atoms with E-state index in [1.807, 2.05) is 29.2 Å². The summed E-state index contributed by atoms with van der Waals surface area (Å²) in [6.45, 7) is 5.84. The summed E-state index contributed by atoms with van der Waals surface area (Å²) in [5, 5.41) is 4.37. The summed E-state index contributed by atoms with van der Waals surface area (Å²) in [5.74, 6) is 0.0757. The van der Waals surface area contributed by atoms with Crippen LogP contribution in [0.25, 0.3) is 11.1 Å². The number of benzene rings is 3. The van der Waals surface area contributed by atoms with Gasteiger partial charge in [0.1, 0.15) is 0 Å². The average Bonchev–Trinajstić information content (AvgIpc) is 2.70. The van der Waals surface area contributed by atoms with Gasteiger partial charge in [-0.3, -0.25) is 4.79 Å². The number of fused-ring (bicyclic) bond motifs is 1. The van der Waals surface area contributed by atoms with Crippen LogP contribution in [0.5, 0.6) is 0 Å². The maximum absolute atomic E-state index is 12.4. The van der Waals surface area contributed by atoms with Crippen molar-refractivity contribution >= 4 is 28.9 Å². The van der Waals surface area contributed by atoms with Crippen LogP contribution in [0.3, 0.4) is 0 Å². The molecular formula is C25H25ClN2O. The second-order valence-electron chi connectivity index (χ2n) is 7.82. The summed E-state index contributed by atoms with van der Waals surface area (Å²) >= 11 is 6.04. The zero-order chi connectivity index (χ0) is 20.5. The van der Waals surface area contributed by atoms with Crippen LogP contribution in [0.2, 0.25) is 5.02 Å². The van der Waals surface area contributed by atoms with Gasteiger partial charge < -0.3 is 10.2 Å². The van der Waals surface area contributed by atoms with Gasteiger partial charge in [0.2, 0.25) is 5.91 Å². The molecule has 3 aromatic rings. The van der Waals surface area contributed by atoms with Crippen molar-refractivity contribution in [3.05, 3.63) is 82.9 Å². The fourth-order valence-corrected chi connectivity index (χ4v) is 4.28. The number of aryl methyl sites for hydroxylation is 1. The first-order valence-corrected chi connectivity index (χ1v) is 10.3. The number of carbonyl (C=O) groups excluding carboxylic acids is 1. The second-order valence-corrected chi connectivity index (χ2v) is 8.25. The molecule has 0 spiro atoms. The Morgan fingerprint density at radius 2 is 1.66 bits per heavy atom. The van der Waals surface area contributed by atoms with Gasteiger partial charge in [0.15, 0.2) is 0 Å². The predicted octanol–water partition coefficient (Wildman–Crippen LogP) is 6.61. The van der Waals surface area contributed by atoms with Crippen molar-refractivity contribution in [2.75, 3.05) is 10.2 Å². The number of hydrogen-bond acceptors (Lipinski definition) is 2. The number of rotatable bonds is 3. The molecule has 1 amide bonds. The van der Waals surface area contributed by atoms with Crippen molar-refractivity contribution in [2.45, 2.75) is 39.3 Å². The summed E-state index contributed by atoms with van der Waals surface area (Å²) in [4.78, 5) is 14.3. The molecule has 0 fully saturated rings. The predicted molar refractivity (Wildman–Crippen MR) is 122 cm³/mol. The van der Waals surface area contributed by atoms with Crippen LogP contribution in [-0.2, 0) is 4.79 Å². The second kappa shape index (κ2) is 7.92. The minimum Gasteiger partial charge on any atom is -0.378 e. The van der Waals surface area contributed by atoms with Crippen LogP contribution in [-0.4, -0.2) is 11.9 Å². The molecule has 1 heterocycles. The van der Waals surface area contributed by atoms with Gasteiger partial charge in [-0.15, -0.1) is 0 Å². The highest BCUT2D eigenvalue weighted by Crippen LogP contribution is 2.41. The van der Waals surface area contributed by atoms with Crippen molar-refractivity contribution in [3.8, 4) is 11.1 Å². The SMILES string of the molecule is CC(=O)N1c2ccc(-c3ccc(C)cc3)cc2C(Nc2ccc(Cl)cc2)CC1C. The Morgan fingerprint density at radius 1 is 1.00 bits per heavy atom. The average molecular weight is 405 g/mol. The third-order valence-corrected chi connectivity index (χ3v) is 5.84. The van der Waals surface area contributed by atoms with Crippen LogP contribution in [0.15, 0.2) is 66.7 Å². The Labute approximate surface area is 177 Å². The molecule has 0 aliphatic carbocycles. The molecule has 0 aromatic heterocycles. The summed E-state index contributed by atoms with van der Waals surface area (Å²) in [6, 6.07) is 23.0. The van der Waals surface area contributed by atoms with Crippen LogP contribution in [0.4, 0.5) is 11.4 Å². The van der Waals surface area contributed by atoms with Gasteiger partial charge in [-0.05, 0) is 73.4 Å². The van der Waals surface area contributed by atoms with Crippen LogP contribution in [0.1, 0.15) is 37.4 Å². The van der Waals surface area contributed by atoms with E-state index in [-0.39, 0.29) is 18.0 Å². The van der Waals surface area contributed by atoms with Crippen LogP contribution < -0.4 is 10.2 Å². The minimum atomic E-state index is 0.0757. The molecule has 148 valence electrons. The van der Waals surface area contributed by atoms with E-state index in [4.69, 9.17) is 11.6 Å². The lowest BCUT2D eigenvalue weighted by Crippen LogP contribution is -2.43. The lowest BCUT2D eigenvalue weighted by atomic mass is 9.88. The maximum atomic E-state index is 12.4. The van der Waals surface area contributed by atoms with Crippen molar-refractivity contribution < 1.29 is 4.79 Å². The van der Waals surface area contributed by atoms with E-state index in [9.17, 15) is 4.79 Å². The maximum Gasteiger partial charge on any atom is 0.224 e. The van der Waals surface area contributed by atoms with Gasteiger partial charge in [0.25, 0.3) is 0 Å². The number of anilines is 2. The number of nitrogens with one attached hydrogen (secondary N) is 1. The normalized spacial score (nSPS) is 18.3. The molecule has 3 aromatic carbocycles. The quantitative estimate of drug-likeness (QED) is 0.532. The van der Waals surface area contributed by atoms with Crippen molar-refractivity contribution in [1.29, 1.82) is 0 Å². The van der Waals surface area contributed by atoms with E-state index in [1.165, 1.54) is 11.1 Å². The Balaban J connectivity index is 1.77. The highest BCUT2D eigenvalue weighted by molar-refractivity contribution is 6.30. The van der Waals surface area contributed by atoms with Gasteiger partial charge in [-0.2, -0.15) is 0 Å². The van der Waals surface area contributed by atoms with Crippen molar-refractivity contribution in [2.24, 2.45) is 0 Å². The number of hydrogen-bond donors (Lipinski definition) is 1. The summed E-state index contributed by atoms with van der Waals surface area (Å²) in [5.41, 5.74) is 6.73. The molecule has 29 heavy (non-hydrogen) atoms. The molecular weight excluding hydrogens is 380 g/mol. The number of amides is 1. The molecule has 2 atom stereocenters. The van der Waals surface area contributed by atoms with E-state index in [0.717, 1.165) is 33.9 Å². The highest BCUT2D eigenvalue weighted by atomic mass is 35.5. The molecule has 1 aliphatic rings.